The Balaban J connectivity index is 1.50. The number of carbonyl (C=O) groups is 1. The van der Waals surface area contributed by atoms with Gasteiger partial charge >= 0.3 is 6.61 Å². The Hall–Kier alpha value is -4.33. The number of aromatic nitrogens is 5. The second-order valence-corrected chi connectivity index (χ2v) is 7.27. The molecule has 0 saturated heterocycles. The third kappa shape index (κ3) is 3.51. The molecule has 0 bridgehead atoms. The Morgan fingerprint density at radius 3 is 3.03 bits per heavy atom. The average Bonchev–Trinajstić information content (AvgIpc) is 3.22. The number of nitrogens with one attached hydrogen (secondary N) is 2. The molecule has 3 heterocycles. The molecule has 1 fully saturated rings. The highest BCUT2D eigenvalue weighted by atomic mass is 19.3. The number of amides is 1. The van der Waals surface area contributed by atoms with Crippen molar-refractivity contribution in [1.29, 1.82) is 5.26 Å². The number of hydrogen-bond donors (Lipinski definition) is 2. The molecule has 160 valence electrons. The van der Waals surface area contributed by atoms with E-state index < -0.39 is 12.5 Å². The van der Waals surface area contributed by atoms with Gasteiger partial charge in [-0.15, -0.1) is 0 Å². The lowest BCUT2D eigenvalue weighted by Gasteiger charge is -2.13. The van der Waals surface area contributed by atoms with Crippen LogP contribution in [0.4, 0.5) is 14.5 Å². The maximum atomic E-state index is 13.0. The number of ether oxygens (including phenoxy) is 1. The van der Waals surface area contributed by atoms with Crippen LogP contribution in [-0.2, 0) is 0 Å². The normalized spacial score (nSPS) is 17.3. The van der Waals surface area contributed by atoms with Gasteiger partial charge in [0.2, 0.25) is 0 Å². The fraction of sp³-hybridized carbons (Fsp3) is 0.190. The standard InChI is InChI=1S/C21H15F2N7O2/c22-21(23)32-17-3-2-11(13-7-12(13)8-24)6-14(17)18-16(10-26-29-18)28-20(31)15-9-27-30-5-1-4-25-19(15)30/h1-6,9-10,12-13,21H,7H2,(H,26,29)(H,28,31)/t12-,13-/m0/s1. The molecular formula is C21H15F2N7O2. The van der Waals surface area contributed by atoms with Gasteiger partial charge in [0.05, 0.1) is 35.8 Å². The number of nitriles is 1. The van der Waals surface area contributed by atoms with Crippen LogP contribution in [0.25, 0.3) is 16.9 Å². The van der Waals surface area contributed by atoms with E-state index in [1.165, 1.54) is 23.0 Å². The number of anilines is 1. The largest absolute Gasteiger partial charge is 0.434 e. The molecule has 1 aliphatic rings. The summed E-state index contributed by atoms with van der Waals surface area (Å²) in [5.74, 6) is -0.630. The van der Waals surface area contributed by atoms with Gasteiger partial charge in [-0.1, -0.05) is 6.07 Å². The average molecular weight is 435 g/mol. The molecule has 5 rings (SSSR count). The molecule has 9 nitrogen and oxygen atoms in total. The van der Waals surface area contributed by atoms with E-state index in [0.29, 0.717) is 23.3 Å². The van der Waals surface area contributed by atoms with Crippen molar-refractivity contribution in [3.63, 3.8) is 0 Å². The topological polar surface area (TPSA) is 121 Å². The van der Waals surface area contributed by atoms with Gasteiger partial charge in [-0.25, -0.2) is 9.50 Å². The van der Waals surface area contributed by atoms with Crippen molar-refractivity contribution in [2.24, 2.45) is 5.92 Å². The summed E-state index contributed by atoms with van der Waals surface area (Å²) in [4.78, 5) is 17.0. The van der Waals surface area contributed by atoms with Gasteiger partial charge in [-0.2, -0.15) is 24.2 Å². The van der Waals surface area contributed by atoms with Crippen molar-refractivity contribution in [2.75, 3.05) is 5.32 Å². The molecule has 0 spiro atoms. The van der Waals surface area contributed by atoms with E-state index in [9.17, 15) is 13.6 Å². The summed E-state index contributed by atoms with van der Waals surface area (Å²) >= 11 is 0. The quantitative estimate of drug-likeness (QED) is 0.477. The number of carbonyl (C=O) groups excluding carboxylic acids is 1. The van der Waals surface area contributed by atoms with Crippen molar-refractivity contribution in [2.45, 2.75) is 19.0 Å². The number of hydrogen-bond acceptors (Lipinski definition) is 6. The predicted molar refractivity (Wildman–Crippen MR) is 108 cm³/mol. The van der Waals surface area contributed by atoms with E-state index in [4.69, 9.17) is 5.26 Å². The predicted octanol–water partition coefficient (Wildman–Crippen LogP) is 3.60. The van der Waals surface area contributed by atoms with Gasteiger partial charge in [0, 0.05) is 23.9 Å². The second kappa shape index (κ2) is 7.73. The molecule has 4 aromatic rings. The van der Waals surface area contributed by atoms with Gasteiger partial charge in [0.1, 0.15) is 11.3 Å². The zero-order valence-electron chi connectivity index (χ0n) is 16.4. The fourth-order valence-electron chi connectivity index (χ4n) is 3.64. The van der Waals surface area contributed by atoms with Crippen LogP contribution in [0.2, 0.25) is 0 Å². The molecule has 0 unspecified atom stereocenters. The van der Waals surface area contributed by atoms with Crippen molar-refractivity contribution in [1.82, 2.24) is 24.8 Å². The highest BCUT2D eigenvalue weighted by molar-refractivity contribution is 6.09. The SMILES string of the molecule is N#C[C@@H]1C[C@H]1c1ccc(OC(F)F)c(-c2[nH]ncc2NC(=O)c2cnn3cccnc23)c1. The summed E-state index contributed by atoms with van der Waals surface area (Å²) in [5.41, 5.74) is 2.31. The molecule has 2 N–H and O–H groups in total. The molecule has 0 radical (unpaired) electrons. The van der Waals surface area contributed by atoms with Crippen molar-refractivity contribution >= 4 is 17.2 Å². The number of fused-ring (bicyclic) bond motifs is 1. The molecule has 11 heteroatoms. The minimum Gasteiger partial charge on any atom is -0.434 e. The van der Waals surface area contributed by atoms with Crippen molar-refractivity contribution in [3.05, 3.63) is 60.2 Å². The van der Waals surface area contributed by atoms with Crippen LogP contribution in [0.5, 0.6) is 5.75 Å². The van der Waals surface area contributed by atoms with E-state index >= 15 is 0 Å². The lowest BCUT2D eigenvalue weighted by molar-refractivity contribution is -0.0494. The Kier molecular flexibility index (Phi) is 4.74. The molecule has 1 aromatic carbocycles. The number of halogens is 2. The molecule has 3 aromatic heterocycles. The number of H-pyrrole nitrogens is 1. The van der Waals surface area contributed by atoms with Gasteiger partial charge < -0.3 is 10.1 Å². The van der Waals surface area contributed by atoms with Crippen molar-refractivity contribution < 1.29 is 18.3 Å². The van der Waals surface area contributed by atoms with E-state index in [1.807, 2.05) is 0 Å². The smallest absolute Gasteiger partial charge is 0.387 e. The summed E-state index contributed by atoms with van der Waals surface area (Å²) in [6.45, 7) is -3.03. The number of benzene rings is 1. The fourth-order valence-corrected chi connectivity index (χ4v) is 3.64. The number of alkyl halides is 2. The summed E-state index contributed by atoms with van der Waals surface area (Å²) in [5, 5.41) is 22.7. The molecule has 0 aliphatic heterocycles. The van der Waals surface area contributed by atoms with Crippen LogP contribution in [0.1, 0.15) is 28.3 Å². The molecule has 1 saturated carbocycles. The first-order chi connectivity index (χ1) is 15.5. The summed E-state index contributed by atoms with van der Waals surface area (Å²) < 4.78 is 32.1. The zero-order chi connectivity index (χ0) is 22.2. The monoisotopic (exact) mass is 435 g/mol. The van der Waals surface area contributed by atoms with Crippen LogP contribution in [0.15, 0.2) is 49.1 Å². The Labute approximate surface area is 179 Å². The van der Waals surface area contributed by atoms with E-state index in [1.54, 1.807) is 30.6 Å². The van der Waals surface area contributed by atoms with Crippen molar-refractivity contribution in [3.8, 4) is 23.1 Å². The van der Waals surface area contributed by atoms with E-state index in [-0.39, 0.29) is 28.8 Å². The lowest BCUT2D eigenvalue weighted by atomic mass is 10.0. The number of rotatable bonds is 6. The van der Waals surface area contributed by atoms with Crippen LogP contribution in [0.3, 0.4) is 0 Å². The molecule has 1 amide bonds. The van der Waals surface area contributed by atoms with Gasteiger partial charge in [-0.3, -0.25) is 9.89 Å². The molecular weight excluding hydrogens is 420 g/mol. The highest BCUT2D eigenvalue weighted by Gasteiger charge is 2.39. The minimum atomic E-state index is -3.03. The lowest BCUT2D eigenvalue weighted by Crippen LogP contribution is -2.12. The maximum absolute atomic E-state index is 13.0. The number of nitrogens with zero attached hydrogens (tertiary/aromatic N) is 5. The first kappa shape index (κ1) is 19.6. The summed E-state index contributed by atoms with van der Waals surface area (Å²) in [7, 11) is 0. The van der Waals surface area contributed by atoms with E-state index in [0.717, 1.165) is 5.56 Å². The number of aromatic amines is 1. The van der Waals surface area contributed by atoms with Gasteiger partial charge in [0.25, 0.3) is 5.91 Å². The van der Waals surface area contributed by atoms with E-state index in [2.05, 4.69) is 36.4 Å². The van der Waals surface area contributed by atoms with Gasteiger partial charge in [-0.05, 0) is 30.2 Å². The van der Waals surface area contributed by atoms with Crippen LogP contribution in [0, 0.1) is 17.2 Å². The van der Waals surface area contributed by atoms with Crippen LogP contribution < -0.4 is 10.1 Å². The Bertz CT molecular complexity index is 1360. The maximum Gasteiger partial charge on any atom is 0.387 e. The first-order valence-electron chi connectivity index (χ1n) is 9.67. The minimum absolute atomic E-state index is 0.0326. The Morgan fingerprint density at radius 1 is 1.38 bits per heavy atom. The third-order valence-corrected chi connectivity index (χ3v) is 5.28. The zero-order valence-corrected chi connectivity index (χ0v) is 16.4. The molecule has 1 aliphatic carbocycles. The Morgan fingerprint density at radius 2 is 2.25 bits per heavy atom. The summed E-state index contributed by atoms with van der Waals surface area (Å²) in [6, 6.07) is 8.68. The summed E-state index contributed by atoms with van der Waals surface area (Å²) in [6.07, 6.45) is 6.68. The highest BCUT2D eigenvalue weighted by Crippen LogP contribution is 2.49. The second-order valence-electron chi connectivity index (χ2n) is 7.27. The van der Waals surface area contributed by atoms with Gasteiger partial charge in [0.15, 0.2) is 5.65 Å². The molecule has 2 atom stereocenters. The first-order valence-corrected chi connectivity index (χ1v) is 9.67. The van der Waals surface area contributed by atoms with Crippen LogP contribution in [-0.4, -0.2) is 37.3 Å². The molecule has 32 heavy (non-hydrogen) atoms. The van der Waals surface area contributed by atoms with Crippen LogP contribution >= 0.6 is 0 Å². The third-order valence-electron chi connectivity index (χ3n) is 5.28.